The van der Waals surface area contributed by atoms with Gasteiger partial charge in [-0.1, -0.05) is 5.92 Å². The lowest BCUT2D eigenvalue weighted by atomic mass is 10.2. The Morgan fingerprint density at radius 3 is 3.07 bits per heavy atom. The Morgan fingerprint density at radius 1 is 1.79 bits per heavy atom. The SMILES string of the molecule is C#CC(C)OC(=O)N1CCNCC1C. The van der Waals surface area contributed by atoms with Crippen LogP contribution in [-0.2, 0) is 4.74 Å². The number of hydrogen-bond donors (Lipinski definition) is 1. The molecule has 1 amide bonds. The van der Waals surface area contributed by atoms with Crippen molar-refractivity contribution in [2.24, 2.45) is 0 Å². The minimum absolute atomic E-state index is 0.168. The summed E-state index contributed by atoms with van der Waals surface area (Å²) in [6.45, 7) is 5.96. The van der Waals surface area contributed by atoms with E-state index >= 15 is 0 Å². The van der Waals surface area contributed by atoms with E-state index in [1.807, 2.05) is 6.92 Å². The van der Waals surface area contributed by atoms with Crippen LogP contribution in [-0.4, -0.2) is 42.8 Å². The average molecular weight is 196 g/mol. The van der Waals surface area contributed by atoms with E-state index in [2.05, 4.69) is 11.2 Å². The number of amides is 1. The van der Waals surface area contributed by atoms with Crippen molar-refractivity contribution in [3.63, 3.8) is 0 Å². The molecule has 0 aliphatic carbocycles. The molecule has 0 aromatic heterocycles. The third-order valence-corrected chi connectivity index (χ3v) is 2.25. The quantitative estimate of drug-likeness (QED) is 0.619. The molecule has 0 radical (unpaired) electrons. The number of carbonyl (C=O) groups is 1. The maximum absolute atomic E-state index is 11.6. The van der Waals surface area contributed by atoms with Gasteiger partial charge in [0.1, 0.15) is 0 Å². The lowest BCUT2D eigenvalue weighted by Crippen LogP contribution is -2.52. The number of ether oxygens (including phenoxy) is 1. The molecule has 14 heavy (non-hydrogen) atoms. The zero-order valence-electron chi connectivity index (χ0n) is 8.62. The largest absolute Gasteiger partial charge is 0.433 e. The minimum atomic E-state index is -0.454. The second-order valence-corrected chi connectivity index (χ2v) is 3.44. The Morgan fingerprint density at radius 2 is 2.50 bits per heavy atom. The monoisotopic (exact) mass is 196 g/mol. The Kier molecular flexibility index (Phi) is 3.78. The number of nitrogens with zero attached hydrogens (tertiary/aromatic N) is 1. The van der Waals surface area contributed by atoms with Crippen molar-refractivity contribution in [1.82, 2.24) is 10.2 Å². The molecule has 4 heteroatoms. The zero-order chi connectivity index (χ0) is 10.6. The fourth-order valence-corrected chi connectivity index (χ4v) is 1.37. The summed E-state index contributed by atoms with van der Waals surface area (Å²) in [5.74, 6) is 2.36. The summed E-state index contributed by atoms with van der Waals surface area (Å²) in [6, 6.07) is 0.168. The van der Waals surface area contributed by atoms with Gasteiger partial charge in [0.15, 0.2) is 6.10 Å². The van der Waals surface area contributed by atoms with Crippen LogP contribution >= 0.6 is 0 Å². The smallest absolute Gasteiger partial charge is 0.411 e. The van der Waals surface area contributed by atoms with E-state index in [-0.39, 0.29) is 12.1 Å². The fraction of sp³-hybridized carbons (Fsp3) is 0.700. The second kappa shape index (κ2) is 4.87. The molecule has 0 bridgehead atoms. The van der Waals surface area contributed by atoms with E-state index in [0.717, 1.165) is 13.1 Å². The molecule has 0 aromatic carbocycles. The van der Waals surface area contributed by atoms with Crippen LogP contribution in [0.3, 0.4) is 0 Å². The van der Waals surface area contributed by atoms with Gasteiger partial charge in [0.05, 0.1) is 0 Å². The predicted octanol–water partition coefficient (Wildman–Crippen LogP) is 0.438. The van der Waals surface area contributed by atoms with Gasteiger partial charge >= 0.3 is 6.09 Å². The molecule has 0 saturated carbocycles. The van der Waals surface area contributed by atoms with Crippen LogP contribution < -0.4 is 5.32 Å². The highest BCUT2D eigenvalue weighted by molar-refractivity contribution is 5.68. The van der Waals surface area contributed by atoms with E-state index in [0.29, 0.717) is 6.54 Å². The lowest BCUT2D eigenvalue weighted by Gasteiger charge is -2.33. The number of terminal acetylenes is 1. The summed E-state index contributed by atoms with van der Waals surface area (Å²) in [5, 5.41) is 3.20. The van der Waals surface area contributed by atoms with Gasteiger partial charge in [-0.25, -0.2) is 4.79 Å². The van der Waals surface area contributed by atoms with Gasteiger partial charge in [-0.3, -0.25) is 0 Å². The van der Waals surface area contributed by atoms with Crippen LogP contribution in [0.5, 0.6) is 0 Å². The minimum Gasteiger partial charge on any atom is -0.433 e. The summed E-state index contributed by atoms with van der Waals surface area (Å²) < 4.78 is 5.03. The van der Waals surface area contributed by atoms with E-state index in [1.54, 1.807) is 11.8 Å². The van der Waals surface area contributed by atoms with Crippen LogP contribution in [0, 0.1) is 12.3 Å². The Hall–Kier alpha value is -1.21. The second-order valence-electron chi connectivity index (χ2n) is 3.44. The van der Waals surface area contributed by atoms with Gasteiger partial charge in [-0.2, -0.15) is 0 Å². The first-order valence-electron chi connectivity index (χ1n) is 4.79. The van der Waals surface area contributed by atoms with Crippen LogP contribution in [0.1, 0.15) is 13.8 Å². The van der Waals surface area contributed by atoms with Gasteiger partial charge < -0.3 is 15.0 Å². The third kappa shape index (κ3) is 2.64. The first kappa shape index (κ1) is 10.9. The van der Waals surface area contributed by atoms with Crippen molar-refractivity contribution in [3.8, 4) is 12.3 Å². The maximum Gasteiger partial charge on any atom is 0.411 e. The van der Waals surface area contributed by atoms with Gasteiger partial charge in [0.2, 0.25) is 0 Å². The fourth-order valence-electron chi connectivity index (χ4n) is 1.37. The van der Waals surface area contributed by atoms with Crippen molar-refractivity contribution in [3.05, 3.63) is 0 Å². The maximum atomic E-state index is 11.6. The summed E-state index contributed by atoms with van der Waals surface area (Å²) in [6.07, 6.45) is 4.36. The van der Waals surface area contributed by atoms with Crippen molar-refractivity contribution >= 4 is 6.09 Å². The summed E-state index contributed by atoms with van der Waals surface area (Å²) >= 11 is 0. The van der Waals surface area contributed by atoms with Crippen molar-refractivity contribution in [2.45, 2.75) is 26.0 Å². The standard InChI is InChI=1S/C10H16N2O2/c1-4-9(3)14-10(13)12-6-5-11-7-8(12)2/h1,8-9,11H,5-7H2,2-3H3. The molecule has 1 rings (SSSR count). The highest BCUT2D eigenvalue weighted by Crippen LogP contribution is 2.06. The molecule has 4 nitrogen and oxygen atoms in total. The molecule has 1 fully saturated rings. The Balaban J connectivity index is 2.47. The highest BCUT2D eigenvalue weighted by Gasteiger charge is 2.24. The van der Waals surface area contributed by atoms with Crippen LogP contribution in [0.15, 0.2) is 0 Å². The normalized spacial score (nSPS) is 23.8. The van der Waals surface area contributed by atoms with Gasteiger partial charge in [0.25, 0.3) is 0 Å². The number of rotatable bonds is 1. The summed E-state index contributed by atoms with van der Waals surface area (Å²) in [5.41, 5.74) is 0. The molecule has 1 saturated heterocycles. The van der Waals surface area contributed by atoms with Crippen LogP contribution in [0.2, 0.25) is 0 Å². The molecular formula is C10H16N2O2. The Bertz CT molecular complexity index is 247. The molecule has 1 aliphatic heterocycles. The van der Waals surface area contributed by atoms with Gasteiger partial charge in [-0.15, -0.1) is 6.42 Å². The van der Waals surface area contributed by atoms with E-state index < -0.39 is 6.10 Å². The molecule has 0 spiro atoms. The summed E-state index contributed by atoms with van der Waals surface area (Å²) in [7, 11) is 0. The molecule has 1 N–H and O–H groups in total. The van der Waals surface area contributed by atoms with E-state index in [1.165, 1.54) is 0 Å². The predicted molar refractivity (Wildman–Crippen MR) is 53.8 cm³/mol. The third-order valence-electron chi connectivity index (χ3n) is 2.25. The molecular weight excluding hydrogens is 180 g/mol. The van der Waals surface area contributed by atoms with E-state index in [9.17, 15) is 4.79 Å². The molecule has 78 valence electrons. The van der Waals surface area contributed by atoms with Gasteiger partial charge in [-0.05, 0) is 13.8 Å². The topological polar surface area (TPSA) is 41.6 Å². The number of nitrogens with one attached hydrogen (secondary N) is 1. The lowest BCUT2D eigenvalue weighted by molar-refractivity contribution is 0.0699. The molecule has 2 atom stereocenters. The molecule has 1 aliphatic rings. The molecule has 0 aromatic rings. The van der Waals surface area contributed by atoms with Gasteiger partial charge in [0, 0.05) is 25.7 Å². The highest BCUT2D eigenvalue weighted by atomic mass is 16.6. The van der Waals surface area contributed by atoms with Crippen LogP contribution in [0.4, 0.5) is 4.79 Å². The van der Waals surface area contributed by atoms with Crippen LogP contribution in [0.25, 0.3) is 0 Å². The van der Waals surface area contributed by atoms with Crippen molar-refractivity contribution in [1.29, 1.82) is 0 Å². The number of carbonyl (C=O) groups excluding carboxylic acids is 1. The number of hydrogen-bond acceptors (Lipinski definition) is 3. The average Bonchev–Trinajstić information content (AvgIpc) is 2.18. The zero-order valence-corrected chi connectivity index (χ0v) is 8.62. The van der Waals surface area contributed by atoms with E-state index in [4.69, 9.17) is 11.2 Å². The summed E-state index contributed by atoms with van der Waals surface area (Å²) in [4.78, 5) is 13.3. The van der Waals surface area contributed by atoms with Crippen molar-refractivity contribution in [2.75, 3.05) is 19.6 Å². The molecule has 2 unspecified atom stereocenters. The first-order chi connectivity index (χ1) is 6.65. The Labute approximate surface area is 84.6 Å². The molecule has 1 heterocycles. The number of piperazine rings is 1. The van der Waals surface area contributed by atoms with Crippen molar-refractivity contribution < 1.29 is 9.53 Å². The first-order valence-corrected chi connectivity index (χ1v) is 4.79.